The first-order valence-electron chi connectivity index (χ1n) is 18.0. The van der Waals surface area contributed by atoms with E-state index in [9.17, 15) is 24.0 Å². The summed E-state index contributed by atoms with van der Waals surface area (Å²) in [6.07, 6.45) is 2.65. The van der Waals surface area contributed by atoms with E-state index >= 15 is 0 Å². The van der Waals surface area contributed by atoms with Gasteiger partial charge in [0.1, 0.15) is 22.6 Å². The monoisotopic (exact) mass is 740 g/mol. The molecule has 2 fully saturated rings. The van der Waals surface area contributed by atoms with E-state index in [1.54, 1.807) is 63.8 Å². The molecule has 1 saturated carbocycles. The number of benzene rings is 1. The van der Waals surface area contributed by atoms with Crippen molar-refractivity contribution in [3.05, 3.63) is 52.6 Å². The topological polar surface area (TPSA) is 185 Å². The van der Waals surface area contributed by atoms with Crippen molar-refractivity contribution < 1.29 is 33.4 Å². The number of rotatable bonds is 9. The summed E-state index contributed by atoms with van der Waals surface area (Å²) in [5.74, 6) is -0.171. The Bertz CT molecular complexity index is 1660. The highest BCUT2D eigenvalue weighted by atomic mass is 16.6. The minimum absolute atomic E-state index is 0.114. The second kappa shape index (κ2) is 17.0. The number of carbonyl (C=O) groups is 4. The van der Waals surface area contributed by atoms with E-state index in [0.717, 1.165) is 24.8 Å². The van der Waals surface area contributed by atoms with Crippen molar-refractivity contribution in [2.24, 2.45) is 0 Å². The van der Waals surface area contributed by atoms with Crippen LogP contribution < -0.4 is 27.0 Å². The second-order valence-electron chi connectivity index (χ2n) is 16.0. The summed E-state index contributed by atoms with van der Waals surface area (Å²) in [5.41, 5.74) is -1.35. The number of urea groups is 1. The molecule has 16 heteroatoms. The first-order valence-corrected chi connectivity index (χ1v) is 18.0. The van der Waals surface area contributed by atoms with Crippen molar-refractivity contribution in [1.82, 2.24) is 35.3 Å². The first kappa shape index (κ1) is 41.1. The van der Waals surface area contributed by atoms with Crippen molar-refractivity contribution in [1.29, 1.82) is 0 Å². The zero-order chi connectivity index (χ0) is 39.1. The van der Waals surface area contributed by atoms with E-state index in [1.807, 2.05) is 45.0 Å². The minimum atomic E-state index is -1.20. The SMILES string of the molecule is COC1CC(NCc2ccc(-n3ccc(NC(=O)N4CCN(C(=O)C(C)(C)NC(=O)OC(C)(C)C)CC4)nc3=O)cc2)CCC1NC(=O)OC(C)(C)C. The summed E-state index contributed by atoms with van der Waals surface area (Å²) in [5, 5.41) is 11.8. The number of piperazine rings is 1. The van der Waals surface area contributed by atoms with E-state index in [2.05, 4.69) is 26.3 Å². The Kier molecular flexibility index (Phi) is 13.1. The molecule has 1 aliphatic heterocycles. The molecule has 1 aliphatic carbocycles. The number of carbonyl (C=O) groups excluding carboxylic acids is 4. The number of alkyl carbamates (subject to hydrolysis) is 2. The number of amides is 5. The smallest absolute Gasteiger partial charge is 0.408 e. The minimum Gasteiger partial charge on any atom is -0.444 e. The average Bonchev–Trinajstić information content (AvgIpc) is 3.06. The Morgan fingerprint density at radius 1 is 0.830 bits per heavy atom. The van der Waals surface area contributed by atoms with Gasteiger partial charge in [0, 0.05) is 52.1 Å². The quantitative estimate of drug-likeness (QED) is 0.295. The highest BCUT2D eigenvalue weighted by molar-refractivity contribution is 5.90. The average molecular weight is 741 g/mol. The van der Waals surface area contributed by atoms with Gasteiger partial charge in [-0.3, -0.25) is 14.7 Å². The maximum absolute atomic E-state index is 13.1. The lowest BCUT2D eigenvalue weighted by Crippen LogP contribution is -2.60. The van der Waals surface area contributed by atoms with E-state index in [-0.39, 0.29) is 56.1 Å². The molecule has 3 atom stereocenters. The number of aromatic nitrogens is 2. The van der Waals surface area contributed by atoms with Gasteiger partial charge in [0.05, 0.1) is 17.8 Å². The normalized spacial score (nSPS) is 19.6. The molecule has 53 heavy (non-hydrogen) atoms. The van der Waals surface area contributed by atoms with Crippen LogP contribution in [-0.2, 0) is 25.5 Å². The van der Waals surface area contributed by atoms with Gasteiger partial charge in [0.25, 0.3) is 0 Å². The molecule has 5 amide bonds. The third kappa shape index (κ3) is 12.2. The summed E-state index contributed by atoms with van der Waals surface area (Å²) >= 11 is 0. The Balaban J connectivity index is 1.24. The van der Waals surface area contributed by atoms with Crippen LogP contribution >= 0.6 is 0 Å². The fraction of sp³-hybridized carbons (Fsp3) is 0.622. The molecule has 1 saturated heterocycles. The van der Waals surface area contributed by atoms with Crippen LogP contribution in [-0.4, -0.2) is 112 Å². The fourth-order valence-corrected chi connectivity index (χ4v) is 6.21. The highest BCUT2D eigenvalue weighted by Gasteiger charge is 2.37. The molecule has 2 heterocycles. The lowest BCUT2D eigenvalue weighted by Gasteiger charge is -2.38. The Morgan fingerprint density at radius 3 is 2.02 bits per heavy atom. The molecule has 16 nitrogen and oxygen atoms in total. The van der Waals surface area contributed by atoms with Crippen molar-refractivity contribution >= 4 is 29.9 Å². The molecule has 0 radical (unpaired) electrons. The molecule has 4 rings (SSSR count). The lowest BCUT2D eigenvalue weighted by molar-refractivity contribution is -0.138. The fourth-order valence-electron chi connectivity index (χ4n) is 6.21. The van der Waals surface area contributed by atoms with Gasteiger partial charge >= 0.3 is 23.9 Å². The molecule has 292 valence electrons. The molecule has 2 aromatic rings. The van der Waals surface area contributed by atoms with Gasteiger partial charge in [0.2, 0.25) is 5.91 Å². The predicted molar refractivity (Wildman–Crippen MR) is 199 cm³/mol. The van der Waals surface area contributed by atoms with Gasteiger partial charge in [0.15, 0.2) is 0 Å². The van der Waals surface area contributed by atoms with Crippen molar-refractivity contribution in [3.8, 4) is 5.69 Å². The van der Waals surface area contributed by atoms with Gasteiger partial charge in [-0.25, -0.2) is 19.2 Å². The number of nitrogens with zero attached hydrogens (tertiary/aromatic N) is 4. The van der Waals surface area contributed by atoms with Crippen LogP contribution in [0, 0.1) is 0 Å². The number of ether oxygens (including phenoxy) is 3. The predicted octanol–water partition coefficient (Wildman–Crippen LogP) is 3.76. The van der Waals surface area contributed by atoms with Crippen LogP contribution in [0.2, 0.25) is 0 Å². The standard InChI is InChI=1S/C37H56N8O8/c1-35(2,3)52-33(49)39-27-15-12-25(22-28(27)51-9)38-23-24-10-13-26(14-11-24)45-17-16-29(41-32(45)48)40-31(47)44-20-18-43(19-21-44)30(46)37(7,8)42-34(50)53-36(4,5)6/h10-11,13-14,16-17,25,27-28,38H,12,15,18-23H2,1-9H3,(H,39,49)(H,42,50)(H,40,41,47,48). The van der Waals surface area contributed by atoms with Crippen molar-refractivity contribution in [2.45, 2.75) is 116 Å². The maximum atomic E-state index is 13.1. The molecule has 2 aliphatic rings. The molecule has 1 aromatic carbocycles. The van der Waals surface area contributed by atoms with Crippen LogP contribution in [0.15, 0.2) is 41.3 Å². The highest BCUT2D eigenvalue weighted by Crippen LogP contribution is 2.23. The molecule has 0 spiro atoms. The maximum Gasteiger partial charge on any atom is 0.408 e. The van der Waals surface area contributed by atoms with Crippen molar-refractivity contribution in [2.75, 3.05) is 38.6 Å². The summed E-state index contributed by atoms with van der Waals surface area (Å²) in [7, 11) is 1.65. The summed E-state index contributed by atoms with van der Waals surface area (Å²) in [6.45, 7) is 15.6. The summed E-state index contributed by atoms with van der Waals surface area (Å²) in [4.78, 5) is 70.8. The molecular formula is C37H56N8O8. The molecule has 1 aromatic heterocycles. The van der Waals surface area contributed by atoms with E-state index in [4.69, 9.17) is 14.2 Å². The Labute approximate surface area is 311 Å². The largest absolute Gasteiger partial charge is 0.444 e. The zero-order valence-electron chi connectivity index (χ0n) is 32.4. The van der Waals surface area contributed by atoms with Crippen LogP contribution in [0.5, 0.6) is 0 Å². The van der Waals surface area contributed by atoms with Crippen LogP contribution in [0.4, 0.5) is 20.2 Å². The number of hydrogen-bond acceptors (Lipinski definition) is 10. The molecular weight excluding hydrogens is 684 g/mol. The molecule has 4 N–H and O–H groups in total. The van der Waals surface area contributed by atoms with Gasteiger partial charge < -0.3 is 40.0 Å². The van der Waals surface area contributed by atoms with Crippen LogP contribution in [0.3, 0.4) is 0 Å². The Morgan fingerprint density at radius 2 is 1.43 bits per heavy atom. The first-order chi connectivity index (χ1) is 24.7. The second-order valence-corrected chi connectivity index (χ2v) is 16.0. The third-order valence-corrected chi connectivity index (χ3v) is 8.85. The van der Waals surface area contributed by atoms with Gasteiger partial charge in [-0.2, -0.15) is 4.98 Å². The van der Waals surface area contributed by atoms with Gasteiger partial charge in [-0.15, -0.1) is 0 Å². The van der Waals surface area contributed by atoms with Crippen molar-refractivity contribution in [3.63, 3.8) is 0 Å². The van der Waals surface area contributed by atoms with E-state index in [1.165, 1.54) is 4.57 Å². The van der Waals surface area contributed by atoms with E-state index in [0.29, 0.717) is 12.2 Å². The summed E-state index contributed by atoms with van der Waals surface area (Å²) < 4.78 is 17.8. The third-order valence-electron chi connectivity index (χ3n) is 8.85. The summed E-state index contributed by atoms with van der Waals surface area (Å²) in [6, 6.07) is 8.75. The van der Waals surface area contributed by atoms with E-state index < -0.39 is 40.6 Å². The molecule has 3 unspecified atom stereocenters. The van der Waals surface area contributed by atoms with Crippen LogP contribution in [0.1, 0.15) is 80.2 Å². The number of anilines is 1. The number of nitrogens with one attached hydrogen (secondary N) is 4. The number of methoxy groups -OCH3 is 1. The zero-order valence-corrected chi connectivity index (χ0v) is 32.4. The van der Waals surface area contributed by atoms with Gasteiger partial charge in [-0.1, -0.05) is 12.1 Å². The Hall–Kier alpha value is -4.70. The molecule has 0 bridgehead atoms. The number of hydrogen-bond donors (Lipinski definition) is 4. The lowest BCUT2D eigenvalue weighted by atomic mass is 9.88. The van der Waals surface area contributed by atoms with Crippen LogP contribution in [0.25, 0.3) is 5.69 Å². The van der Waals surface area contributed by atoms with Gasteiger partial charge in [-0.05, 0) is 98.4 Å².